The number of anilines is 3. The van der Waals surface area contributed by atoms with Crippen LogP contribution in [-0.2, 0) is 0 Å². The molecule has 2 rings (SSSR count). The molecule has 0 saturated heterocycles. The molecule has 2 aromatic rings. The van der Waals surface area contributed by atoms with E-state index >= 15 is 0 Å². The molecular formula is C14H18Cl2N6O3. The first-order chi connectivity index (χ1) is 11.0. The number of hydrogen-bond acceptors (Lipinski definition) is 7. The summed E-state index contributed by atoms with van der Waals surface area (Å²) in [6.45, 7) is 0.855. The highest BCUT2D eigenvalue weighted by molar-refractivity contribution is 5.98. The van der Waals surface area contributed by atoms with Gasteiger partial charge in [-0.05, 0) is 18.2 Å². The third-order valence-corrected chi connectivity index (χ3v) is 2.85. The molecule has 0 aliphatic rings. The van der Waals surface area contributed by atoms with Gasteiger partial charge in [0.1, 0.15) is 11.4 Å². The number of nitrogens with zero attached hydrogens (tertiary/aromatic N) is 2. The summed E-state index contributed by atoms with van der Waals surface area (Å²) >= 11 is 0. The minimum atomic E-state index is -1.06. The highest BCUT2D eigenvalue weighted by Gasteiger charge is 2.13. The number of carboxylic acids is 1. The van der Waals surface area contributed by atoms with Crippen LogP contribution >= 0.6 is 24.8 Å². The summed E-state index contributed by atoms with van der Waals surface area (Å²) in [7, 11) is 0. The van der Waals surface area contributed by atoms with E-state index in [9.17, 15) is 9.59 Å². The topological polar surface area (TPSA) is 156 Å². The van der Waals surface area contributed by atoms with E-state index in [-0.39, 0.29) is 47.7 Å². The highest BCUT2D eigenvalue weighted by atomic mass is 35.5. The standard InChI is InChI=1S/C14H16N6O3.2ClH/c15-4-5-17-14-18-7-10(11(16)21)12(20-14)19-9-3-1-2-8(6-9)13(22)23;;/h1-3,6-7H,4-5,15H2,(H2,16,21)(H,22,23)(H2,17,18,19,20);2*1H. The van der Waals surface area contributed by atoms with Gasteiger partial charge >= 0.3 is 5.97 Å². The van der Waals surface area contributed by atoms with Gasteiger partial charge in [0.05, 0.1) is 5.56 Å². The van der Waals surface area contributed by atoms with Crippen LogP contribution in [0.15, 0.2) is 30.5 Å². The van der Waals surface area contributed by atoms with Crippen LogP contribution in [0, 0.1) is 0 Å². The molecule has 7 N–H and O–H groups in total. The molecule has 1 aromatic heterocycles. The van der Waals surface area contributed by atoms with Gasteiger partial charge in [-0.15, -0.1) is 24.8 Å². The van der Waals surface area contributed by atoms with Gasteiger partial charge in [0.15, 0.2) is 0 Å². The zero-order valence-corrected chi connectivity index (χ0v) is 14.6. The average Bonchev–Trinajstić information content (AvgIpc) is 2.53. The van der Waals surface area contributed by atoms with Crippen molar-refractivity contribution in [2.45, 2.75) is 0 Å². The van der Waals surface area contributed by atoms with Crippen molar-refractivity contribution in [3.05, 3.63) is 41.6 Å². The second-order valence-electron chi connectivity index (χ2n) is 4.55. The first-order valence-electron chi connectivity index (χ1n) is 6.72. The first kappa shape index (κ1) is 22.4. The number of amides is 1. The molecule has 0 saturated carbocycles. The number of aromatic nitrogens is 2. The number of carboxylic acid groups (broad SMARTS) is 1. The van der Waals surface area contributed by atoms with E-state index < -0.39 is 11.9 Å². The minimum Gasteiger partial charge on any atom is -0.478 e. The van der Waals surface area contributed by atoms with Crippen molar-refractivity contribution in [2.75, 3.05) is 23.7 Å². The number of carbonyl (C=O) groups is 2. The zero-order valence-electron chi connectivity index (χ0n) is 12.9. The third kappa shape index (κ3) is 6.07. The SMILES string of the molecule is Cl.Cl.NCCNc1ncc(C(N)=O)c(Nc2cccc(C(=O)O)c2)n1. The molecule has 0 unspecified atom stereocenters. The fourth-order valence-electron chi connectivity index (χ4n) is 1.79. The van der Waals surface area contributed by atoms with Gasteiger partial charge in [0, 0.05) is 25.0 Å². The van der Waals surface area contributed by atoms with Crippen molar-refractivity contribution in [3.8, 4) is 0 Å². The second kappa shape index (κ2) is 10.3. The van der Waals surface area contributed by atoms with Crippen LogP contribution < -0.4 is 22.1 Å². The monoisotopic (exact) mass is 388 g/mol. The number of primary amides is 1. The molecule has 0 fully saturated rings. The van der Waals surface area contributed by atoms with Crippen molar-refractivity contribution < 1.29 is 14.7 Å². The molecule has 0 radical (unpaired) electrons. The molecule has 25 heavy (non-hydrogen) atoms. The Labute approximate surface area is 156 Å². The van der Waals surface area contributed by atoms with Gasteiger partial charge in [-0.2, -0.15) is 4.98 Å². The number of benzene rings is 1. The Morgan fingerprint density at radius 3 is 2.56 bits per heavy atom. The summed E-state index contributed by atoms with van der Waals surface area (Å²) in [5.74, 6) is -1.31. The predicted molar refractivity (Wildman–Crippen MR) is 99.3 cm³/mol. The lowest BCUT2D eigenvalue weighted by Gasteiger charge is -2.11. The minimum absolute atomic E-state index is 0. The van der Waals surface area contributed by atoms with E-state index in [0.29, 0.717) is 18.8 Å². The average molecular weight is 389 g/mol. The molecular weight excluding hydrogens is 371 g/mol. The maximum Gasteiger partial charge on any atom is 0.335 e. The van der Waals surface area contributed by atoms with Crippen molar-refractivity contribution in [1.82, 2.24) is 9.97 Å². The van der Waals surface area contributed by atoms with Gasteiger partial charge in [-0.3, -0.25) is 4.79 Å². The van der Waals surface area contributed by atoms with E-state index in [2.05, 4.69) is 20.6 Å². The maximum atomic E-state index is 11.5. The number of aromatic carboxylic acids is 1. The lowest BCUT2D eigenvalue weighted by molar-refractivity contribution is 0.0696. The molecule has 0 atom stereocenters. The Kier molecular flexibility index (Phi) is 9.21. The first-order valence-corrected chi connectivity index (χ1v) is 6.72. The number of halogens is 2. The molecule has 0 aliphatic carbocycles. The molecule has 9 nitrogen and oxygen atoms in total. The zero-order chi connectivity index (χ0) is 16.8. The third-order valence-electron chi connectivity index (χ3n) is 2.85. The molecule has 1 aromatic carbocycles. The van der Waals surface area contributed by atoms with Gasteiger partial charge in [-0.25, -0.2) is 9.78 Å². The van der Waals surface area contributed by atoms with Crippen LogP contribution in [0.4, 0.5) is 17.5 Å². The summed E-state index contributed by atoms with van der Waals surface area (Å²) in [6.07, 6.45) is 1.29. The summed E-state index contributed by atoms with van der Waals surface area (Å²) in [4.78, 5) is 30.6. The van der Waals surface area contributed by atoms with Crippen molar-refractivity contribution in [1.29, 1.82) is 0 Å². The van der Waals surface area contributed by atoms with E-state index in [4.69, 9.17) is 16.6 Å². The molecule has 136 valence electrons. The van der Waals surface area contributed by atoms with E-state index in [1.54, 1.807) is 12.1 Å². The Morgan fingerprint density at radius 1 is 1.24 bits per heavy atom. The Bertz CT molecular complexity index is 744. The van der Waals surface area contributed by atoms with Gasteiger partial charge in [0.25, 0.3) is 5.91 Å². The summed E-state index contributed by atoms with van der Waals surface area (Å²) < 4.78 is 0. The lowest BCUT2D eigenvalue weighted by Crippen LogP contribution is -2.18. The molecule has 1 heterocycles. The van der Waals surface area contributed by atoms with Crippen LogP contribution in [-0.4, -0.2) is 40.0 Å². The van der Waals surface area contributed by atoms with Crippen LogP contribution in [0.5, 0.6) is 0 Å². The Morgan fingerprint density at radius 2 is 1.96 bits per heavy atom. The number of hydrogen-bond donors (Lipinski definition) is 5. The number of nitrogens with two attached hydrogens (primary N) is 2. The molecule has 0 aliphatic heterocycles. The summed E-state index contributed by atoms with van der Waals surface area (Å²) in [5.41, 5.74) is 11.3. The van der Waals surface area contributed by atoms with E-state index in [1.807, 2.05) is 0 Å². The van der Waals surface area contributed by atoms with Gasteiger partial charge in [0.2, 0.25) is 5.95 Å². The van der Waals surface area contributed by atoms with Crippen LogP contribution in [0.1, 0.15) is 20.7 Å². The van der Waals surface area contributed by atoms with Crippen molar-refractivity contribution in [3.63, 3.8) is 0 Å². The predicted octanol–water partition coefficient (Wildman–Crippen LogP) is 1.23. The quantitative estimate of drug-likeness (QED) is 0.473. The van der Waals surface area contributed by atoms with Gasteiger partial charge < -0.3 is 27.2 Å². The molecule has 1 amide bonds. The normalized spacial score (nSPS) is 9.32. The van der Waals surface area contributed by atoms with Crippen LogP contribution in [0.25, 0.3) is 0 Å². The highest BCUT2D eigenvalue weighted by Crippen LogP contribution is 2.20. The largest absolute Gasteiger partial charge is 0.478 e. The summed E-state index contributed by atoms with van der Waals surface area (Å²) in [5, 5.41) is 14.8. The molecule has 11 heteroatoms. The Balaban J connectivity index is 0.00000288. The number of carbonyl (C=O) groups excluding carboxylic acids is 1. The van der Waals surface area contributed by atoms with E-state index in [1.165, 1.54) is 18.3 Å². The number of nitrogens with one attached hydrogen (secondary N) is 2. The maximum absolute atomic E-state index is 11.5. The smallest absolute Gasteiger partial charge is 0.335 e. The molecule has 0 bridgehead atoms. The fourth-order valence-corrected chi connectivity index (χ4v) is 1.79. The lowest BCUT2D eigenvalue weighted by atomic mass is 10.2. The fraction of sp³-hybridized carbons (Fsp3) is 0.143. The number of rotatable bonds is 7. The van der Waals surface area contributed by atoms with Gasteiger partial charge in [-0.1, -0.05) is 6.07 Å². The Hall–Kier alpha value is -2.62. The van der Waals surface area contributed by atoms with E-state index in [0.717, 1.165) is 0 Å². The second-order valence-corrected chi connectivity index (χ2v) is 4.55. The van der Waals surface area contributed by atoms with Crippen molar-refractivity contribution in [2.24, 2.45) is 11.5 Å². The molecule has 0 spiro atoms. The van der Waals surface area contributed by atoms with Crippen LogP contribution in [0.3, 0.4) is 0 Å². The summed E-state index contributed by atoms with van der Waals surface area (Å²) in [6, 6.07) is 6.09. The van der Waals surface area contributed by atoms with Crippen LogP contribution in [0.2, 0.25) is 0 Å². The van der Waals surface area contributed by atoms with Crippen molar-refractivity contribution >= 4 is 54.1 Å².